The van der Waals surface area contributed by atoms with E-state index in [1.165, 1.54) is 30.8 Å². The summed E-state index contributed by atoms with van der Waals surface area (Å²) in [4.78, 5) is 52.0. The summed E-state index contributed by atoms with van der Waals surface area (Å²) in [6.07, 6.45) is 15.0. The number of aliphatic hydroxyl groups excluding tert-OH is 3. The molecule has 0 saturated carbocycles. The summed E-state index contributed by atoms with van der Waals surface area (Å²) in [5.74, 6) is -1.18. The van der Waals surface area contributed by atoms with Crippen LogP contribution < -0.4 is 10.6 Å². The first-order valence-electron chi connectivity index (χ1n) is 21.2. The highest BCUT2D eigenvalue weighted by Gasteiger charge is 2.44. The highest BCUT2D eigenvalue weighted by atomic mass is 32.2. The first-order valence-corrected chi connectivity index (χ1v) is 22.4. The van der Waals surface area contributed by atoms with E-state index < -0.39 is 49.2 Å². The minimum Gasteiger partial charge on any atom is -0.462 e. The van der Waals surface area contributed by atoms with Crippen LogP contribution in [-0.4, -0.2) is 109 Å². The SMILES string of the molecule is CCCCCCCCC(=O)N[C@H](CSC[C@@H](COC(=O)CCCCCCCC)OC(=O)CCCCCCCC)C(=O)Nc1cn([C@H]2OC(CO)[C@@H](O)[C@@H]2O)nn1. The van der Waals surface area contributed by atoms with E-state index in [1.807, 2.05) is 0 Å². The summed E-state index contributed by atoms with van der Waals surface area (Å²) in [6, 6.07) is -0.999. The first-order chi connectivity index (χ1) is 27.1. The predicted molar refractivity (Wildman–Crippen MR) is 216 cm³/mol. The minimum atomic E-state index is -1.38. The average molecular weight is 814 g/mol. The van der Waals surface area contributed by atoms with Gasteiger partial charge >= 0.3 is 11.9 Å². The van der Waals surface area contributed by atoms with Crippen molar-refractivity contribution >= 4 is 41.3 Å². The molecule has 0 aromatic carbocycles. The van der Waals surface area contributed by atoms with E-state index in [2.05, 4.69) is 41.7 Å². The zero-order valence-corrected chi connectivity index (χ0v) is 35.0. The second-order valence-corrected chi connectivity index (χ2v) is 15.9. The largest absolute Gasteiger partial charge is 0.462 e. The molecule has 2 rings (SSSR count). The maximum atomic E-state index is 13.6. The van der Waals surface area contributed by atoms with Gasteiger partial charge in [-0.2, -0.15) is 11.8 Å². The van der Waals surface area contributed by atoms with Crippen LogP contribution in [0.4, 0.5) is 5.82 Å². The lowest BCUT2D eigenvalue weighted by Crippen LogP contribution is -2.45. The second kappa shape index (κ2) is 30.3. The van der Waals surface area contributed by atoms with Crippen molar-refractivity contribution in [3.63, 3.8) is 0 Å². The average Bonchev–Trinajstić information content (AvgIpc) is 3.76. The molecule has 16 heteroatoms. The topological polar surface area (TPSA) is 211 Å². The number of carbonyl (C=O) groups excluding carboxylic acids is 4. The smallest absolute Gasteiger partial charge is 0.306 e. The molecule has 1 unspecified atom stereocenters. The number of hydrogen-bond donors (Lipinski definition) is 5. The molecule has 0 spiro atoms. The Kier molecular flexibility index (Phi) is 26.7. The van der Waals surface area contributed by atoms with Gasteiger partial charge in [-0.1, -0.05) is 122 Å². The van der Waals surface area contributed by atoms with E-state index >= 15 is 0 Å². The third-order valence-electron chi connectivity index (χ3n) is 9.73. The lowest BCUT2D eigenvalue weighted by atomic mass is 10.1. The summed E-state index contributed by atoms with van der Waals surface area (Å²) in [7, 11) is 0. The number of amides is 2. The molecule has 2 amide bonds. The van der Waals surface area contributed by atoms with Crippen LogP contribution in [0.1, 0.15) is 162 Å². The molecule has 1 aromatic rings. The minimum absolute atomic E-state index is 0.0201. The van der Waals surface area contributed by atoms with E-state index in [9.17, 15) is 34.5 Å². The van der Waals surface area contributed by atoms with Gasteiger partial charge in [0.25, 0.3) is 0 Å². The van der Waals surface area contributed by atoms with E-state index in [0.29, 0.717) is 19.3 Å². The molecule has 56 heavy (non-hydrogen) atoms. The number of thioether (sulfide) groups is 1. The van der Waals surface area contributed by atoms with Crippen LogP contribution >= 0.6 is 11.8 Å². The molecule has 1 fully saturated rings. The summed E-state index contributed by atoms with van der Waals surface area (Å²) in [5.41, 5.74) is 0. The van der Waals surface area contributed by atoms with Gasteiger partial charge in [-0.05, 0) is 19.3 Å². The van der Waals surface area contributed by atoms with E-state index in [0.717, 1.165) is 94.6 Å². The van der Waals surface area contributed by atoms with Crippen LogP contribution in [0.2, 0.25) is 0 Å². The number of aromatic nitrogens is 3. The Morgan fingerprint density at radius 1 is 0.786 bits per heavy atom. The van der Waals surface area contributed by atoms with Crippen molar-refractivity contribution in [2.24, 2.45) is 0 Å². The Morgan fingerprint density at radius 3 is 1.91 bits per heavy atom. The van der Waals surface area contributed by atoms with Gasteiger partial charge in [0.15, 0.2) is 12.0 Å². The van der Waals surface area contributed by atoms with Crippen LogP contribution in [0, 0.1) is 0 Å². The summed E-state index contributed by atoms with van der Waals surface area (Å²) in [5, 5.41) is 43.3. The number of anilines is 1. The monoisotopic (exact) mass is 813 g/mol. The molecule has 5 N–H and O–H groups in total. The molecule has 6 atom stereocenters. The summed E-state index contributed by atoms with van der Waals surface area (Å²) in [6.45, 7) is 5.85. The summed E-state index contributed by atoms with van der Waals surface area (Å²) < 4.78 is 18.0. The maximum absolute atomic E-state index is 13.6. The van der Waals surface area contributed by atoms with Gasteiger partial charge in [0.2, 0.25) is 11.8 Å². The number of carbonyl (C=O) groups is 4. The highest BCUT2D eigenvalue weighted by Crippen LogP contribution is 2.29. The van der Waals surface area contributed by atoms with Crippen LogP contribution in [0.3, 0.4) is 0 Å². The molecule has 1 aliphatic heterocycles. The normalized spacial score (nSPS) is 19.0. The van der Waals surface area contributed by atoms with Gasteiger partial charge < -0.3 is 40.2 Å². The predicted octanol–water partition coefficient (Wildman–Crippen LogP) is 5.75. The quantitative estimate of drug-likeness (QED) is 0.0423. The van der Waals surface area contributed by atoms with Crippen molar-refractivity contribution in [1.29, 1.82) is 0 Å². The van der Waals surface area contributed by atoms with Crippen molar-refractivity contribution in [3.8, 4) is 0 Å². The third kappa shape index (κ3) is 20.6. The number of hydrogen-bond acceptors (Lipinski definition) is 13. The summed E-state index contributed by atoms with van der Waals surface area (Å²) >= 11 is 1.29. The number of aliphatic hydroxyl groups is 3. The number of esters is 2. The molecule has 15 nitrogen and oxygen atoms in total. The van der Waals surface area contributed by atoms with Crippen LogP contribution in [-0.2, 0) is 33.4 Å². The van der Waals surface area contributed by atoms with Crippen LogP contribution in [0.5, 0.6) is 0 Å². The van der Waals surface area contributed by atoms with Crippen LogP contribution in [0.15, 0.2) is 6.20 Å². The Balaban J connectivity index is 2.05. The first kappa shape index (κ1) is 49.4. The Morgan fingerprint density at radius 2 is 1.34 bits per heavy atom. The van der Waals surface area contributed by atoms with Crippen molar-refractivity contribution in [2.75, 3.05) is 30.0 Å². The maximum Gasteiger partial charge on any atom is 0.306 e. The Hall–Kier alpha value is -2.79. The molecule has 322 valence electrons. The molecular formula is C40H71N5O10S. The number of rotatable bonds is 33. The van der Waals surface area contributed by atoms with Gasteiger partial charge in [-0.3, -0.25) is 19.2 Å². The standard InChI is InChI=1S/C40H71N5O10S/c1-4-7-10-13-16-19-22-34(47)41-31(39(52)42-33-25-45(44-43-33)40-38(51)37(50)32(26-46)55-40)29-56-28-30(54-36(49)24-21-18-15-12-9-6-3)27-53-35(48)23-20-17-14-11-8-5-2/h25,30-32,37-38,40,46,50-51H,4-24,26-29H2,1-3H3,(H,41,47)(H,42,52)/t30-,31-,32?,37-,38+,40+/m1/s1. The van der Waals surface area contributed by atoms with E-state index in [4.69, 9.17) is 14.2 Å². The molecule has 0 radical (unpaired) electrons. The number of unbranched alkanes of at least 4 members (excludes halogenated alkanes) is 15. The third-order valence-corrected chi connectivity index (χ3v) is 10.9. The van der Waals surface area contributed by atoms with Crippen molar-refractivity contribution in [3.05, 3.63) is 6.20 Å². The number of nitrogens with zero attached hydrogens (tertiary/aromatic N) is 3. The lowest BCUT2D eigenvalue weighted by Gasteiger charge is -2.21. The van der Waals surface area contributed by atoms with Gasteiger partial charge in [-0.15, -0.1) is 5.10 Å². The molecule has 0 aliphatic carbocycles. The zero-order valence-electron chi connectivity index (χ0n) is 34.2. The lowest BCUT2D eigenvalue weighted by molar-refractivity contribution is -0.157. The number of ether oxygens (including phenoxy) is 3. The fraction of sp³-hybridized carbons (Fsp3) is 0.850. The van der Waals surface area contributed by atoms with Gasteiger partial charge in [-0.25, -0.2) is 4.68 Å². The number of nitrogens with one attached hydrogen (secondary N) is 2. The highest BCUT2D eigenvalue weighted by molar-refractivity contribution is 7.99. The Labute approximate surface area is 338 Å². The van der Waals surface area contributed by atoms with Gasteiger partial charge in [0.05, 0.1) is 12.8 Å². The van der Waals surface area contributed by atoms with Crippen LogP contribution in [0.25, 0.3) is 0 Å². The van der Waals surface area contributed by atoms with Crippen molar-refractivity contribution in [2.45, 2.75) is 192 Å². The molecular weight excluding hydrogens is 743 g/mol. The van der Waals surface area contributed by atoms with E-state index in [-0.39, 0.29) is 54.6 Å². The zero-order chi connectivity index (χ0) is 41.0. The van der Waals surface area contributed by atoms with Crippen molar-refractivity contribution in [1.82, 2.24) is 20.3 Å². The second-order valence-electron chi connectivity index (χ2n) is 14.8. The van der Waals surface area contributed by atoms with Gasteiger partial charge in [0, 0.05) is 30.8 Å². The van der Waals surface area contributed by atoms with Gasteiger partial charge in [0.1, 0.15) is 37.1 Å². The fourth-order valence-electron chi connectivity index (χ4n) is 6.32. The molecule has 1 aliphatic rings. The molecule has 1 aromatic heterocycles. The van der Waals surface area contributed by atoms with Crippen molar-refractivity contribution < 1.29 is 48.7 Å². The fourth-order valence-corrected chi connectivity index (χ4v) is 7.35. The molecule has 2 heterocycles. The van der Waals surface area contributed by atoms with E-state index in [1.54, 1.807) is 0 Å². The molecule has 0 bridgehead atoms. The Bertz CT molecular complexity index is 1240. The molecule has 1 saturated heterocycles.